The normalized spacial score (nSPS) is 11.9. The first kappa shape index (κ1) is 12.9. The van der Waals surface area contributed by atoms with E-state index in [1.807, 2.05) is 6.92 Å². The second kappa shape index (κ2) is 7.35. The van der Waals surface area contributed by atoms with Crippen LogP contribution in [0, 0.1) is 0 Å². The molecule has 0 bridgehead atoms. The lowest BCUT2D eigenvalue weighted by Crippen LogP contribution is -2.35. The van der Waals surface area contributed by atoms with Gasteiger partial charge in [-0.15, -0.1) is 0 Å². The van der Waals surface area contributed by atoms with Gasteiger partial charge in [-0.05, 0) is 13.3 Å². The van der Waals surface area contributed by atoms with Gasteiger partial charge in [0.25, 0.3) is 0 Å². The summed E-state index contributed by atoms with van der Waals surface area (Å²) in [6, 6.07) is -0.0865. The lowest BCUT2D eigenvalue weighted by molar-refractivity contribution is -0.143. The van der Waals surface area contributed by atoms with E-state index in [1.54, 1.807) is 6.92 Å². The molecule has 0 aromatic carbocycles. The van der Waals surface area contributed by atoms with Crippen LogP contribution in [0.25, 0.3) is 0 Å². The summed E-state index contributed by atoms with van der Waals surface area (Å²) in [5, 5.41) is 2.73. The summed E-state index contributed by atoms with van der Waals surface area (Å²) in [5.41, 5.74) is 0. The minimum atomic E-state index is -0.250. The van der Waals surface area contributed by atoms with E-state index in [1.165, 1.54) is 6.92 Å². The zero-order chi connectivity index (χ0) is 11.0. The second-order valence-electron chi connectivity index (χ2n) is 3.20. The lowest BCUT2D eigenvalue weighted by Gasteiger charge is -2.15. The molecule has 0 radical (unpaired) electrons. The molecule has 0 aromatic rings. The van der Waals surface area contributed by atoms with Gasteiger partial charge in [0.2, 0.25) is 5.91 Å². The van der Waals surface area contributed by atoms with Gasteiger partial charge in [-0.1, -0.05) is 13.3 Å². The van der Waals surface area contributed by atoms with Crippen molar-refractivity contribution in [2.45, 2.75) is 46.1 Å². The van der Waals surface area contributed by atoms with Crippen molar-refractivity contribution in [3.8, 4) is 0 Å². The third-order valence-corrected chi connectivity index (χ3v) is 1.76. The fourth-order valence-corrected chi connectivity index (χ4v) is 1.28. The summed E-state index contributed by atoms with van der Waals surface area (Å²) < 4.78 is 4.81. The average Bonchev–Trinajstić information content (AvgIpc) is 2.03. The van der Waals surface area contributed by atoms with Crippen LogP contribution in [-0.2, 0) is 14.3 Å². The molecule has 82 valence electrons. The molecule has 0 aliphatic rings. The Morgan fingerprint density at radius 2 is 2.00 bits per heavy atom. The van der Waals surface area contributed by atoms with Gasteiger partial charge in [0.05, 0.1) is 13.0 Å². The molecule has 4 nitrogen and oxygen atoms in total. The van der Waals surface area contributed by atoms with Gasteiger partial charge in [0.1, 0.15) is 0 Å². The molecule has 0 aromatic heterocycles. The Morgan fingerprint density at radius 3 is 2.43 bits per heavy atom. The first-order valence-electron chi connectivity index (χ1n) is 5.02. The van der Waals surface area contributed by atoms with Gasteiger partial charge in [0.15, 0.2) is 0 Å². The Balaban J connectivity index is 3.94. The van der Waals surface area contributed by atoms with Crippen molar-refractivity contribution in [3.05, 3.63) is 0 Å². The molecular weight excluding hydrogens is 182 g/mol. The molecule has 0 fully saturated rings. The number of nitrogens with one attached hydrogen (secondary N) is 1. The fraction of sp³-hybridized carbons (Fsp3) is 0.800. The molecule has 1 amide bonds. The van der Waals surface area contributed by atoms with E-state index in [0.29, 0.717) is 6.61 Å². The van der Waals surface area contributed by atoms with Crippen molar-refractivity contribution >= 4 is 11.9 Å². The van der Waals surface area contributed by atoms with Crippen LogP contribution >= 0.6 is 0 Å². The summed E-state index contributed by atoms with van der Waals surface area (Å²) in [7, 11) is 0. The van der Waals surface area contributed by atoms with Crippen LogP contribution in [0.1, 0.15) is 40.0 Å². The van der Waals surface area contributed by atoms with Crippen LogP contribution in [-0.4, -0.2) is 24.5 Å². The molecule has 4 heteroatoms. The number of carbonyl (C=O) groups is 2. The third-order valence-electron chi connectivity index (χ3n) is 1.76. The van der Waals surface area contributed by atoms with Crippen LogP contribution in [0.15, 0.2) is 0 Å². The van der Waals surface area contributed by atoms with E-state index in [2.05, 4.69) is 5.32 Å². The van der Waals surface area contributed by atoms with Gasteiger partial charge in [-0.2, -0.15) is 0 Å². The molecule has 0 rings (SSSR count). The summed E-state index contributed by atoms with van der Waals surface area (Å²) in [5.74, 6) is -0.354. The monoisotopic (exact) mass is 201 g/mol. The zero-order valence-corrected chi connectivity index (χ0v) is 9.13. The fourth-order valence-electron chi connectivity index (χ4n) is 1.28. The molecule has 0 heterocycles. The van der Waals surface area contributed by atoms with Crippen LogP contribution in [0.2, 0.25) is 0 Å². The van der Waals surface area contributed by atoms with Crippen molar-refractivity contribution in [2.24, 2.45) is 0 Å². The maximum Gasteiger partial charge on any atom is 0.307 e. The number of esters is 1. The molecule has 1 unspecified atom stereocenters. The predicted molar refractivity (Wildman–Crippen MR) is 53.8 cm³/mol. The lowest BCUT2D eigenvalue weighted by atomic mass is 10.1. The molecule has 0 saturated heterocycles. The van der Waals surface area contributed by atoms with Crippen molar-refractivity contribution in [1.82, 2.24) is 5.32 Å². The molecule has 14 heavy (non-hydrogen) atoms. The quantitative estimate of drug-likeness (QED) is 0.658. The van der Waals surface area contributed by atoms with E-state index in [-0.39, 0.29) is 24.3 Å². The van der Waals surface area contributed by atoms with Crippen molar-refractivity contribution in [1.29, 1.82) is 0 Å². The first-order valence-corrected chi connectivity index (χ1v) is 5.02. The topological polar surface area (TPSA) is 55.4 Å². The largest absolute Gasteiger partial charge is 0.466 e. The zero-order valence-electron chi connectivity index (χ0n) is 9.13. The van der Waals surface area contributed by atoms with E-state index >= 15 is 0 Å². The van der Waals surface area contributed by atoms with Crippen LogP contribution in [0.3, 0.4) is 0 Å². The number of amides is 1. The minimum Gasteiger partial charge on any atom is -0.466 e. The van der Waals surface area contributed by atoms with Crippen LogP contribution in [0.5, 0.6) is 0 Å². The minimum absolute atomic E-state index is 0.0865. The highest BCUT2D eigenvalue weighted by Crippen LogP contribution is 2.03. The Morgan fingerprint density at radius 1 is 1.36 bits per heavy atom. The molecule has 0 aliphatic heterocycles. The smallest absolute Gasteiger partial charge is 0.307 e. The standard InChI is InChI=1S/C10H19NO3/c1-4-6-9(11-8(3)12)7-10(13)14-5-2/h9H,4-7H2,1-3H3,(H,11,12). The average molecular weight is 201 g/mol. The molecule has 0 aliphatic carbocycles. The van der Waals surface area contributed by atoms with E-state index in [0.717, 1.165) is 12.8 Å². The summed E-state index contributed by atoms with van der Waals surface area (Å²) in [6.45, 7) is 5.62. The Hall–Kier alpha value is -1.06. The third kappa shape index (κ3) is 6.46. The van der Waals surface area contributed by atoms with Gasteiger partial charge >= 0.3 is 5.97 Å². The predicted octanol–water partition coefficient (Wildman–Crippen LogP) is 1.24. The van der Waals surface area contributed by atoms with E-state index in [9.17, 15) is 9.59 Å². The number of carbonyl (C=O) groups excluding carboxylic acids is 2. The number of hydrogen-bond acceptors (Lipinski definition) is 3. The van der Waals surface area contributed by atoms with Crippen LogP contribution < -0.4 is 5.32 Å². The molecule has 1 N–H and O–H groups in total. The summed E-state index contributed by atoms with van der Waals surface area (Å²) in [4.78, 5) is 21.9. The number of hydrogen-bond donors (Lipinski definition) is 1. The highest BCUT2D eigenvalue weighted by atomic mass is 16.5. The van der Waals surface area contributed by atoms with E-state index < -0.39 is 0 Å². The maximum absolute atomic E-state index is 11.1. The molecular formula is C10H19NO3. The van der Waals surface area contributed by atoms with Crippen molar-refractivity contribution in [3.63, 3.8) is 0 Å². The second-order valence-corrected chi connectivity index (χ2v) is 3.20. The van der Waals surface area contributed by atoms with Gasteiger partial charge in [-0.25, -0.2) is 0 Å². The highest BCUT2D eigenvalue weighted by Gasteiger charge is 2.14. The molecule has 0 spiro atoms. The van der Waals surface area contributed by atoms with Gasteiger partial charge in [0, 0.05) is 13.0 Å². The van der Waals surface area contributed by atoms with Crippen molar-refractivity contribution < 1.29 is 14.3 Å². The number of rotatable bonds is 6. The summed E-state index contributed by atoms with van der Waals surface area (Å²) in [6.07, 6.45) is 2.00. The molecule has 0 saturated carbocycles. The van der Waals surface area contributed by atoms with Gasteiger partial charge in [-0.3, -0.25) is 9.59 Å². The first-order chi connectivity index (χ1) is 6.60. The molecule has 1 atom stereocenters. The highest BCUT2D eigenvalue weighted by molar-refractivity contribution is 5.75. The Kier molecular flexibility index (Phi) is 6.80. The van der Waals surface area contributed by atoms with Crippen molar-refractivity contribution in [2.75, 3.05) is 6.61 Å². The van der Waals surface area contributed by atoms with E-state index in [4.69, 9.17) is 4.74 Å². The number of ether oxygens (including phenoxy) is 1. The summed E-state index contributed by atoms with van der Waals surface area (Å²) >= 11 is 0. The maximum atomic E-state index is 11.1. The Bertz CT molecular complexity index is 192. The van der Waals surface area contributed by atoms with Crippen LogP contribution in [0.4, 0.5) is 0 Å². The van der Waals surface area contributed by atoms with Gasteiger partial charge < -0.3 is 10.1 Å². The Labute approximate surface area is 85.0 Å². The SMILES string of the molecule is CCCC(CC(=O)OCC)NC(C)=O.